The lowest BCUT2D eigenvalue weighted by Gasteiger charge is -2.21. The van der Waals surface area contributed by atoms with Crippen LogP contribution in [0.2, 0.25) is 10.0 Å². The Morgan fingerprint density at radius 1 is 1.07 bits per heavy atom. The third-order valence-electron chi connectivity index (χ3n) is 3.84. The number of benzene rings is 2. The number of hydrogen-bond donors (Lipinski definition) is 3. The molecule has 0 spiro atoms. The summed E-state index contributed by atoms with van der Waals surface area (Å²) in [7, 11) is 0. The highest BCUT2D eigenvalue weighted by Crippen LogP contribution is 2.33. The molecule has 0 heterocycles. The first-order valence-electron chi connectivity index (χ1n) is 7.88. The molecule has 0 aliphatic rings. The van der Waals surface area contributed by atoms with E-state index in [1.807, 2.05) is 0 Å². The molecule has 0 amide bonds. The number of ether oxygens (including phenoxy) is 1. The number of nitrogens with two attached hydrogens (primary N) is 1. The molecule has 0 bridgehead atoms. The van der Waals surface area contributed by atoms with Gasteiger partial charge in [0.1, 0.15) is 24.3 Å². The lowest BCUT2D eigenvalue weighted by Crippen LogP contribution is -2.21. The summed E-state index contributed by atoms with van der Waals surface area (Å²) in [5.74, 6) is -0.135. The molecule has 0 aliphatic heterocycles. The van der Waals surface area contributed by atoms with Gasteiger partial charge in [-0.2, -0.15) is 0 Å². The number of aliphatic hydroxyl groups is 2. The Balaban J connectivity index is 0.00000364. The highest BCUT2D eigenvalue weighted by molar-refractivity contribution is 6.42. The van der Waals surface area contributed by atoms with E-state index in [1.165, 1.54) is 18.2 Å². The molecule has 0 radical (unpaired) electrons. The molecular formula is C18H20Cl4FNO3. The third-order valence-corrected chi connectivity index (χ3v) is 4.80. The smallest absolute Gasteiger partial charge is 0.132 e. The first-order valence-corrected chi connectivity index (χ1v) is 9.17. The van der Waals surface area contributed by atoms with Crippen molar-refractivity contribution in [1.29, 1.82) is 0 Å². The van der Waals surface area contributed by atoms with Gasteiger partial charge in [0.2, 0.25) is 0 Å². The Morgan fingerprint density at radius 3 is 2.37 bits per heavy atom. The summed E-state index contributed by atoms with van der Waals surface area (Å²) in [6.45, 7) is -0.00313. The Kier molecular flexibility index (Phi) is 10.1. The van der Waals surface area contributed by atoms with Crippen LogP contribution < -0.4 is 10.5 Å². The third kappa shape index (κ3) is 6.64. The first-order chi connectivity index (χ1) is 12.3. The fraction of sp³-hybridized carbons (Fsp3) is 0.333. The number of alkyl halides is 1. The second-order valence-corrected chi connectivity index (χ2v) is 6.96. The van der Waals surface area contributed by atoms with Gasteiger partial charge in [0.25, 0.3) is 0 Å². The summed E-state index contributed by atoms with van der Waals surface area (Å²) in [5.41, 5.74) is 6.58. The van der Waals surface area contributed by atoms with Gasteiger partial charge in [-0.25, -0.2) is 4.39 Å². The molecule has 2 aromatic carbocycles. The first kappa shape index (κ1) is 24.2. The van der Waals surface area contributed by atoms with Crippen LogP contribution in [0.5, 0.6) is 5.75 Å². The van der Waals surface area contributed by atoms with Crippen molar-refractivity contribution in [3.63, 3.8) is 0 Å². The van der Waals surface area contributed by atoms with Crippen molar-refractivity contribution in [3.8, 4) is 5.75 Å². The van der Waals surface area contributed by atoms with Crippen LogP contribution in [0, 0.1) is 5.82 Å². The minimum Gasteiger partial charge on any atom is -0.491 e. The van der Waals surface area contributed by atoms with Gasteiger partial charge >= 0.3 is 0 Å². The fourth-order valence-corrected chi connectivity index (χ4v) is 2.89. The predicted octanol–water partition coefficient (Wildman–Crippen LogP) is 4.66. The van der Waals surface area contributed by atoms with Gasteiger partial charge in [-0.1, -0.05) is 29.3 Å². The van der Waals surface area contributed by atoms with E-state index in [2.05, 4.69) is 0 Å². The van der Waals surface area contributed by atoms with Crippen LogP contribution in [0.1, 0.15) is 29.7 Å². The molecular weight excluding hydrogens is 439 g/mol. The van der Waals surface area contributed by atoms with Crippen molar-refractivity contribution in [2.24, 2.45) is 5.73 Å². The van der Waals surface area contributed by atoms with Gasteiger partial charge in [-0.15, -0.1) is 24.0 Å². The summed E-state index contributed by atoms with van der Waals surface area (Å²) in [6, 6.07) is 7.84. The average Bonchev–Trinajstić information content (AvgIpc) is 2.61. The molecule has 9 heteroatoms. The molecule has 4 nitrogen and oxygen atoms in total. The highest BCUT2D eigenvalue weighted by atomic mass is 35.5. The van der Waals surface area contributed by atoms with Crippen LogP contribution >= 0.6 is 47.2 Å². The summed E-state index contributed by atoms with van der Waals surface area (Å²) in [4.78, 5) is 0. The monoisotopic (exact) mass is 457 g/mol. The van der Waals surface area contributed by atoms with Crippen molar-refractivity contribution < 1.29 is 19.3 Å². The Bertz CT molecular complexity index is 751. The van der Waals surface area contributed by atoms with Crippen molar-refractivity contribution >= 4 is 47.2 Å². The van der Waals surface area contributed by atoms with Crippen molar-refractivity contribution in [2.75, 3.05) is 12.5 Å². The molecule has 3 atom stereocenters. The zero-order chi connectivity index (χ0) is 19.3. The molecule has 2 rings (SSSR count). The Hall–Kier alpha value is -0.790. The average molecular weight is 459 g/mol. The van der Waals surface area contributed by atoms with Crippen LogP contribution in [0.25, 0.3) is 0 Å². The zero-order valence-electron chi connectivity index (χ0n) is 14.1. The minimum atomic E-state index is -1.29. The number of hydrogen-bond acceptors (Lipinski definition) is 4. The molecule has 4 N–H and O–H groups in total. The zero-order valence-corrected chi connectivity index (χ0v) is 17.2. The number of rotatable bonds is 8. The summed E-state index contributed by atoms with van der Waals surface area (Å²) in [6.07, 6.45) is -1.65. The molecule has 3 unspecified atom stereocenters. The second-order valence-electron chi connectivity index (χ2n) is 5.77. The van der Waals surface area contributed by atoms with Crippen LogP contribution in [-0.2, 0) is 0 Å². The second kappa shape index (κ2) is 11.3. The lowest BCUT2D eigenvalue weighted by molar-refractivity contribution is 0.104. The van der Waals surface area contributed by atoms with E-state index in [1.54, 1.807) is 12.1 Å². The van der Waals surface area contributed by atoms with E-state index in [0.717, 1.165) is 6.07 Å². The minimum absolute atomic E-state index is 0. The Labute approximate surface area is 178 Å². The molecule has 0 aromatic heterocycles. The maximum absolute atomic E-state index is 14.4. The van der Waals surface area contributed by atoms with E-state index >= 15 is 0 Å². The number of halogens is 5. The quantitative estimate of drug-likeness (QED) is 0.503. The topological polar surface area (TPSA) is 75.7 Å². The van der Waals surface area contributed by atoms with Crippen LogP contribution in [0.15, 0.2) is 36.4 Å². The van der Waals surface area contributed by atoms with Crippen LogP contribution in [0.4, 0.5) is 4.39 Å². The summed E-state index contributed by atoms with van der Waals surface area (Å²) < 4.78 is 19.7. The van der Waals surface area contributed by atoms with E-state index in [4.69, 9.17) is 45.3 Å². The SMILES string of the molecule is Cl.NC(c1ccc(Cl)c(Cl)c1)C(O)c1ccc(OCC(O)CCCl)cc1F. The van der Waals surface area contributed by atoms with Gasteiger partial charge in [-0.05, 0) is 36.2 Å². The summed E-state index contributed by atoms with van der Waals surface area (Å²) >= 11 is 17.3. The lowest BCUT2D eigenvalue weighted by atomic mass is 9.96. The van der Waals surface area contributed by atoms with Gasteiger partial charge < -0.3 is 20.7 Å². The van der Waals surface area contributed by atoms with Crippen LogP contribution in [0.3, 0.4) is 0 Å². The maximum Gasteiger partial charge on any atom is 0.132 e. The fourth-order valence-electron chi connectivity index (χ4n) is 2.33. The normalized spacial score (nSPS) is 14.2. The van der Waals surface area contributed by atoms with E-state index in [9.17, 15) is 14.6 Å². The van der Waals surface area contributed by atoms with Crippen LogP contribution in [-0.4, -0.2) is 28.8 Å². The molecule has 150 valence electrons. The standard InChI is InChI=1S/C18H19Cl3FNO3.ClH/c19-6-5-11(24)9-26-12-2-3-13(16(22)8-12)18(25)17(23)10-1-4-14(20)15(21)7-10;/h1-4,7-8,11,17-18,24-25H,5-6,9,23H2;1H. The number of aliphatic hydroxyl groups excluding tert-OH is 2. The molecule has 27 heavy (non-hydrogen) atoms. The van der Waals surface area contributed by atoms with E-state index in [0.29, 0.717) is 27.9 Å². The Morgan fingerprint density at radius 2 is 1.78 bits per heavy atom. The van der Waals surface area contributed by atoms with E-state index < -0.39 is 24.1 Å². The molecule has 0 saturated heterocycles. The van der Waals surface area contributed by atoms with Gasteiger partial charge in [0.15, 0.2) is 0 Å². The van der Waals surface area contributed by atoms with Gasteiger partial charge in [-0.3, -0.25) is 0 Å². The molecule has 0 saturated carbocycles. The molecule has 2 aromatic rings. The van der Waals surface area contributed by atoms with Gasteiger partial charge in [0.05, 0.1) is 22.2 Å². The van der Waals surface area contributed by atoms with Crippen molar-refractivity contribution in [1.82, 2.24) is 0 Å². The van der Waals surface area contributed by atoms with Crippen molar-refractivity contribution in [2.45, 2.75) is 24.7 Å². The van der Waals surface area contributed by atoms with Crippen molar-refractivity contribution in [3.05, 3.63) is 63.4 Å². The van der Waals surface area contributed by atoms with Gasteiger partial charge in [0, 0.05) is 17.5 Å². The molecule has 0 fully saturated rings. The predicted molar refractivity (Wildman–Crippen MR) is 109 cm³/mol. The summed E-state index contributed by atoms with van der Waals surface area (Å²) in [5, 5.41) is 20.7. The highest BCUT2D eigenvalue weighted by Gasteiger charge is 2.23. The molecule has 0 aliphatic carbocycles. The maximum atomic E-state index is 14.4. The van der Waals surface area contributed by atoms with E-state index in [-0.39, 0.29) is 30.3 Å². The largest absolute Gasteiger partial charge is 0.491 e.